The Morgan fingerprint density at radius 1 is 1.27 bits per heavy atom. The van der Waals surface area contributed by atoms with Crippen molar-refractivity contribution in [3.63, 3.8) is 0 Å². The summed E-state index contributed by atoms with van der Waals surface area (Å²) in [6.07, 6.45) is 5.44. The number of hydrogen-bond acceptors (Lipinski definition) is 5. The number of benzene rings is 1. The standard InChI is InChI=1S/C22H29FN4O2S/c1-21(2,3)30(29)27-22(11-10-14-4-5-14,15-6-8-17(23)18(24)12-15)16-7-9-19(20(25)28)26-13-16/h6-9,12-14,27H,4-5,10-11,24H2,1-3H3,(H2,25,28). The van der Waals surface area contributed by atoms with Gasteiger partial charge in [0.1, 0.15) is 21.8 Å². The Labute approximate surface area is 180 Å². The number of carbonyl (C=O) groups is 1. The normalized spacial score (nSPS) is 17.4. The van der Waals surface area contributed by atoms with Crippen molar-refractivity contribution in [2.24, 2.45) is 11.7 Å². The molecule has 2 atom stereocenters. The molecule has 30 heavy (non-hydrogen) atoms. The molecule has 6 nitrogen and oxygen atoms in total. The van der Waals surface area contributed by atoms with Crippen LogP contribution in [-0.2, 0) is 16.9 Å². The maximum Gasteiger partial charge on any atom is 0.267 e. The summed E-state index contributed by atoms with van der Waals surface area (Å²) in [5.74, 6) is -0.513. The van der Waals surface area contributed by atoms with Crippen LogP contribution in [0.15, 0.2) is 36.5 Å². The maximum absolute atomic E-state index is 13.9. The third-order valence-corrected chi connectivity index (χ3v) is 7.09. The number of nitrogens with two attached hydrogens (primary N) is 2. The summed E-state index contributed by atoms with van der Waals surface area (Å²) in [5.41, 5.74) is 11.9. The number of halogens is 1. The molecule has 1 aliphatic rings. The number of rotatable bonds is 8. The van der Waals surface area contributed by atoms with E-state index in [1.165, 1.54) is 18.9 Å². The fourth-order valence-corrected chi connectivity index (χ4v) is 4.32. The predicted molar refractivity (Wildman–Crippen MR) is 117 cm³/mol. The molecule has 1 saturated carbocycles. The highest BCUT2D eigenvalue weighted by Crippen LogP contribution is 2.42. The largest absolute Gasteiger partial charge is 0.598 e. The fraction of sp³-hybridized carbons (Fsp3) is 0.455. The third kappa shape index (κ3) is 4.94. The molecule has 2 aromatic rings. The number of nitrogen functional groups attached to an aromatic ring is 1. The van der Waals surface area contributed by atoms with E-state index in [9.17, 15) is 13.7 Å². The van der Waals surface area contributed by atoms with Crippen LogP contribution in [0.4, 0.5) is 10.1 Å². The number of nitrogens with one attached hydrogen (secondary N) is 1. The predicted octanol–water partition coefficient (Wildman–Crippen LogP) is 3.39. The Bertz CT molecular complexity index is 912. The average molecular weight is 433 g/mol. The Morgan fingerprint density at radius 2 is 1.93 bits per heavy atom. The molecule has 8 heteroatoms. The summed E-state index contributed by atoms with van der Waals surface area (Å²) in [6.45, 7) is 5.65. The fourth-order valence-electron chi connectivity index (χ4n) is 3.36. The molecule has 1 heterocycles. The topological polar surface area (TPSA) is 117 Å². The van der Waals surface area contributed by atoms with Crippen molar-refractivity contribution in [2.75, 3.05) is 5.73 Å². The zero-order chi connectivity index (χ0) is 22.1. The lowest BCUT2D eigenvalue weighted by atomic mass is 9.80. The lowest BCUT2D eigenvalue weighted by molar-refractivity contribution is 0.0995. The molecule has 3 rings (SSSR count). The van der Waals surface area contributed by atoms with Gasteiger partial charge in [-0.1, -0.05) is 25.0 Å². The molecule has 5 N–H and O–H groups in total. The first kappa shape index (κ1) is 22.5. The van der Waals surface area contributed by atoms with Crippen molar-refractivity contribution in [3.05, 3.63) is 59.2 Å². The van der Waals surface area contributed by atoms with Crippen LogP contribution in [0.5, 0.6) is 0 Å². The number of pyridine rings is 1. The minimum atomic E-state index is -1.43. The van der Waals surface area contributed by atoms with Gasteiger partial charge in [0, 0.05) is 17.6 Å². The zero-order valence-corrected chi connectivity index (χ0v) is 18.4. The molecule has 1 aliphatic carbocycles. The summed E-state index contributed by atoms with van der Waals surface area (Å²) in [6, 6.07) is 7.87. The van der Waals surface area contributed by atoms with E-state index >= 15 is 0 Å². The highest BCUT2D eigenvalue weighted by Gasteiger charge is 2.43. The second kappa shape index (κ2) is 8.53. The van der Waals surface area contributed by atoms with Crippen molar-refractivity contribution in [1.29, 1.82) is 0 Å². The van der Waals surface area contributed by atoms with Gasteiger partial charge in [-0.15, -0.1) is 4.72 Å². The van der Waals surface area contributed by atoms with E-state index in [-0.39, 0.29) is 11.4 Å². The molecule has 162 valence electrons. The van der Waals surface area contributed by atoms with E-state index in [1.54, 1.807) is 30.5 Å². The van der Waals surface area contributed by atoms with E-state index in [4.69, 9.17) is 11.5 Å². The van der Waals surface area contributed by atoms with Gasteiger partial charge in [0.15, 0.2) is 0 Å². The van der Waals surface area contributed by atoms with Crippen LogP contribution in [0.25, 0.3) is 0 Å². The molecular formula is C22H29FN4O2S. The number of primary amides is 1. The molecule has 0 aliphatic heterocycles. The van der Waals surface area contributed by atoms with Gasteiger partial charge in [0.2, 0.25) is 0 Å². The van der Waals surface area contributed by atoms with Crippen molar-refractivity contribution >= 4 is 23.0 Å². The number of nitrogens with zero attached hydrogens (tertiary/aromatic N) is 1. The number of carbonyl (C=O) groups excluding carboxylic acids is 1. The van der Waals surface area contributed by atoms with E-state index in [2.05, 4.69) is 9.71 Å². The summed E-state index contributed by atoms with van der Waals surface area (Å²) < 4.78 is 29.9. The van der Waals surface area contributed by atoms with Crippen molar-refractivity contribution in [1.82, 2.24) is 9.71 Å². The van der Waals surface area contributed by atoms with E-state index in [1.807, 2.05) is 20.8 Å². The summed E-state index contributed by atoms with van der Waals surface area (Å²) in [7, 11) is 0. The first-order valence-corrected chi connectivity index (χ1v) is 11.2. The van der Waals surface area contributed by atoms with Crippen LogP contribution in [0.1, 0.15) is 68.1 Å². The summed E-state index contributed by atoms with van der Waals surface area (Å²) in [4.78, 5) is 15.7. The Balaban J connectivity index is 2.15. The number of amides is 1. The van der Waals surface area contributed by atoms with Crippen LogP contribution in [0, 0.1) is 11.7 Å². The minimum Gasteiger partial charge on any atom is -0.598 e. The van der Waals surface area contributed by atoms with Gasteiger partial charge in [-0.3, -0.25) is 9.78 Å². The van der Waals surface area contributed by atoms with E-state index in [0.717, 1.165) is 12.0 Å². The van der Waals surface area contributed by atoms with Crippen molar-refractivity contribution in [2.45, 2.75) is 56.7 Å². The molecule has 1 fully saturated rings. The average Bonchev–Trinajstić information content (AvgIpc) is 3.51. The Hall–Kier alpha value is -2.16. The van der Waals surface area contributed by atoms with Gasteiger partial charge in [-0.2, -0.15) is 0 Å². The van der Waals surface area contributed by atoms with Gasteiger partial charge in [0.25, 0.3) is 5.91 Å². The summed E-state index contributed by atoms with van der Waals surface area (Å²) >= 11 is -1.43. The SMILES string of the molecule is CC(C)(C)[S+]([O-])NC(CCC1CC1)(c1ccc(C(N)=O)nc1)c1ccc(F)c(N)c1. The second-order valence-electron chi connectivity index (χ2n) is 8.90. The van der Waals surface area contributed by atoms with Gasteiger partial charge in [-0.05, 0) is 68.9 Å². The van der Waals surface area contributed by atoms with E-state index < -0.39 is 33.4 Å². The van der Waals surface area contributed by atoms with Crippen molar-refractivity contribution in [3.8, 4) is 0 Å². The van der Waals surface area contributed by atoms with Crippen LogP contribution in [-0.4, -0.2) is 20.2 Å². The first-order chi connectivity index (χ1) is 14.0. The van der Waals surface area contributed by atoms with Gasteiger partial charge in [-0.25, -0.2) is 4.39 Å². The third-order valence-electron chi connectivity index (χ3n) is 5.45. The maximum atomic E-state index is 13.9. The molecular weight excluding hydrogens is 403 g/mol. The van der Waals surface area contributed by atoms with Gasteiger partial charge >= 0.3 is 0 Å². The molecule has 0 radical (unpaired) electrons. The van der Waals surface area contributed by atoms with Crippen LogP contribution < -0.4 is 16.2 Å². The molecule has 2 unspecified atom stereocenters. The first-order valence-electron chi connectivity index (χ1n) is 10.0. The minimum absolute atomic E-state index is 0.0216. The molecule has 0 saturated heterocycles. The lowest BCUT2D eigenvalue weighted by Crippen LogP contribution is -2.52. The smallest absolute Gasteiger partial charge is 0.267 e. The van der Waals surface area contributed by atoms with E-state index in [0.29, 0.717) is 17.9 Å². The molecule has 0 spiro atoms. The molecule has 1 aromatic carbocycles. The number of anilines is 1. The van der Waals surface area contributed by atoms with Gasteiger partial charge < -0.3 is 16.0 Å². The monoisotopic (exact) mass is 432 g/mol. The van der Waals surface area contributed by atoms with Crippen LogP contribution in [0.3, 0.4) is 0 Å². The Kier molecular flexibility index (Phi) is 6.40. The van der Waals surface area contributed by atoms with Crippen LogP contribution >= 0.6 is 0 Å². The zero-order valence-electron chi connectivity index (χ0n) is 17.6. The molecule has 1 amide bonds. The highest BCUT2D eigenvalue weighted by atomic mass is 32.2. The van der Waals surface area contributed by atoms with Crippen molar-refractivity contribution < 1.29 is 13.7 Å². The van der Waals surface area contributed by atoms with Crippen LogP contribution in [0.2, 0.25) is 0 Å². The summed E-state index contributed by atoms with van der Waals surface area (Å²) in [5, 5.41) is 0. The number of hydrogen-bond donors (Lipinski definition) is 3. The number of aromatic nitrogens is 1. The lowest BCUT2D eigenvalue weighted by Gasteiger charge is -2.38. The molecule has 0 bridgehead atoms. The van der Waals surface area contributed by atoms with Gasteiger partial charge in [0.05, 0.1) is 5.69 Å². The highest BCUT2D eigenvalue weighted by molar-refractivity contribution is 7.90. The molecule has 1 aromatic heterocycles. The Morgan fingerprint density at radius 3 is 2.43 bits per heavy atom. The second-order valence-corrected chi connectivity index (χ2v) is 10.9. The quantitative estimate of drug-likeness (QED) is 0.437.